The third-order valence-electron chi connectivity index (χ3n) is 4.75. The predicted octanol–water partition coefficient (Wildman–Crippen LogP) is 2.55. The molecule has 1 atom stereocenters. The number of amides is 1. The van der Waals surface area contributed by atoms with Crippen LogP contribution in [0.5, 0.6) is 0 Å². The predicted molar refractivity (Wildman–Crippen MR) is 96.4 cm³/mol. The lowest BCUT2D eigenvalue weighted by Crippen LogP contribution is -2.53. The van der Waals surface area contributed by atoms with E-state index in [4.69, 9.17) is 5.73 Å². The second-order valence-corrected chi connectivity index (χ2v) is 6.66. The molecule has 0 spiro atoms. The lowest BCUT2D eigenvalue weighted by atomic mass is 9.96. The Hall–Kier alpha value is -2.31. The lowest BCUT2D eigenvalue weighted by molar-refractivity contribution is -0.134. The van der Waals surface area contributed by atoms with Gasteiger partial charge in [0.25, 0.3) is 0 Å². The first-order chi connectivity index (χ1) is 12.5. The van der Waals surface area contributed by atoms with Crippen LogP contribution in [-0.2, 0) is 4.79 Å². The topological polar surface area (TPSA) is 49.6 Å². The number of benzene rings is 2. The van der Waals surface area contributed by atoms with Crippen LogP contribution in [0.25, 0.3) is 0 Å². The smallest absolute Gasteiger partial charge is 0.239 e. The molecule has 0 saturated carbocycles. The van der Waals surface area contributed by atoms with Crippen LogP contribution in [-0.4, -0.2) is 47.9 Å². The third kappa shape index (κ3) is 4.08. The fourth-order valence-electron chi connectivity index (χ4n) is 3.39. The zero-order valence-electron chi connectivity index (χ0n) is 14.7. The molecular weight excluding hydrogens is 336 g/mol. The summed E-state index contributed by atoms with van der Waals surface area (Å²) in [5, 5.41) is 0. The fourth-order valence-corrected chi connectivity index (χ4v) is 3.39. The minimum atomic E-state index is -0.508. The number of nitrogens with zero attached hydrogens (tertiary/aromatic N) is 2. The highest BCUT2D eigenvalue weighted by Crippen LogP contribution is 2.30. The van der Waals surface area contributed by atoms with Crippen molar-refractivity contribution < 1.29 is 13.6 Å². The van der Waals surface area contributed by atoms with Gasteiger partial charge in [-0.2, -0.15) is 0 Å². The maximum atomic E-state index is 13.3. The molecule has 1 aliphatic heterocycles. The highest BCUT2D eigenvalue weighted by Gasteiger charge is 2.29. The van der Waals surface area contributed by atoms with Gasteiger partial charge in [-0.3, -0.25) is 9.69 Å². The molecule has 0 bridgehead atoms. The second-order valence-electron chi connectivity index (χ2n) is 6.66. The standard InChI is InChI=1S/C20H23F2N3O/c1-14(23)20(26)25-12-10-24(11-13-25)19(15-2-6-17(21)7-3-15)16-4-8-18(22)9-5-16/h2-9,14,19H,10-13,23H2,1H3/t14-/m0/s1. The van der Waals surface area contributed by atoms with E-state index in [-0.39, 0.29) is 23.6 Å². The average Bonchev–Trinajstić information content (AvgIpc) is 2.65. The van der Waals surface area contributed by atoms with Crippen molar-refractivity contribution in [1.82, 2.24) is 9.80 Å². The van der Waals surface area contributed by atoms with E-state index in [1.165, 1.54) is 24.3 Å². The lowest BCUT2D eigenvalue weighted by Gasteiger charge is -2.40. The molecule has 26 heavy (non-hydrogen) atoms. The molecule has 0 aliphatic carbocycles. The molecule has 3 rings (SSSR count). The van der Waals surface area contributed by atoms with Gasteiger partial charge in [-0.25, -0.2) is 8.78 Å². The molecule has 1 heterocycles. The van der Waals surface area contributed by atoms with Crippen LogP contribution in [0.15, 0.2) is 48.5 Å². The quantitative estimate of drug-likeness (QED) is 0.913. The first-order valence-electron chi connectivity index (χ1n) is 8.75. The first-order valence-corrected chi connectivity index (χ1v) is 8.75. The Kier molecular flexibility index (Phi) is 5.64. The summed E-state index contributed by atoms with van der Waals surface area (Å²) in [6, 6.07) is 12.1. The minimum Gasteiger partial charge on any atom is -0.339 e. The number of piperazine rings is 1. The number of nitrogens with two attached hydrogens (primary N) is 1. The highest BCUT2D eigenvalue weighted by molar-refractivity contribution is 5.81. The van der Waals surface area contributed by atoms with Crippen LogP contribution in [0, 0.1) is 11.6 Å². The van der Waals surface area contributed by atoms with Crippen molar-refractivity contribution >= 4 is 5.91 Å². The Morgan fingerprint density at radius 1 is 0.885 bits per heavy atom. The van der Waals surface area contributed by atoms with Gasteiger partial charge < -0.3 is 10.6 Å². The zero-order chi connectivity index (χ0) is 18.7. The molecule has 138 valence electrons. The average molecular weight is 359 g/mol. The van der Waals surface area contributed by atoms with E-state index >= 15 is 0 Å². The number of hydrogen-bond acceptors (Lipinski definition) is 3. The first kappa shape index (κ1) is 18.5. The van der Waals surface area contributed by atoms with E-state index in [1.54, 1.807) is 36.1 Å². The van der Waals surface area contributed by atoms with E-state index in [0.29, 0.717) is 26.2 Å². The van der Waals surface area contributed by atoms with Crippen molar-refractivity contribution in [2.24, 2.45) is 5.73 Å². The van der Waals surface area contributed by atoms with Gasteiger partial charge in [0.05, 0.1) is 12.1 Å². The molecular formula is C20H23F2N3O. The largest absolute Gasteiger partial charge is 0.339 e. The summed E-state index contributed by atoms with van der Waals surface area (Å²) in [6.07, 6.45) is 0. The summed E-state index contributed by atoms with van der Waals surface area (Å²) in [7, 11) is 0. The SMILES string of the molecule is C[C@H](N)C(=O)N1CCN(C(c2ccc(F)cc2)c2ccc(F)cc2)CC1. The monoisotopic (exact) mass is 359 g/mol. The van der Waals surface area contributed by atoms with Gasteiger partial charge in [0.15, 0.2) is 0 Å². The third-order valence-corrected chi connectivity index (χ3v) is 4.75. The summed E-state index contributed by atoms with van der Waals surface area (Å²) in [4.78, 5) is 16.1. The number of halogens is 2. The van der Waals surface area contributed by atoms with Gasteiger partial charge in [0, 0.05) is 26.2 Å². The van der Waals surface area contributed by atoms with Crippen molar-refractivity contribution in [2.75, 3.05) is 26.2 Å². The minimum absolute atomic E-state index is 0.0511. The van der Waals surface area contributed by atoms with Crippen molar-refractivity contribution in [3.8, 4) is 0 Å². The summed E-state index contributed by atoms with van der Waals surface area (Å²) in [5.74, 6) is -0.636. The van der Waals surface area contributed by atoms with Gasteiger partial charge >= 0.3 is 0 Å². The van der Waals surface area contributed by atoms with Crippen molar-refractivity contribution in [3.63, 3.8) is 0 Å². The Morgan fingerprint density at radius 2 is 1.31 bits per heavy atom. The van der Waals surface area contributed by atoms with Crippen LogP contribution < -0.4 is 5.73 Å². The molecule has 1 amide bonds. The molecule has 4 nitrogen and oxygen atoms in total. The summed E-state index contributed by atoms with van der Waals surface area (Å²) in [5.41, 5.74) is 7.57. The van der Waals surface area contributed by atoms with Gasteiger partial charge in [-0.05, 0) is 42.3 Å². The van der Waals surface area contributed by atoms with E-state index in [0.717, 1.165) is 11.1 Å². The molecule has 6 heteroatoms. The summed E-state index contributed by atoms with van der Waals surface area (Å²) in [6.45, 7) is 4.18. The van der Waals surface area contributed by atoms with Gasteiger partial charge in [-0.1, -0.05) is 24.3 Å². The van der Waals surface area contributed by atoms with Crippen molar-refractivity contribution in [2.45, 2.75) is 19.0 Å². The highest BCUT2D eigenvalue weighted by atomic mass is 19.1. The Balaban J connectivity index is 1.84. The fraction of sp³-hybridized carbons (Fsp3) is 0.350. The normalized spacial score (nSPS) is 16.7. The molecule has 2 aromatic carbocycles. The second kappa shape index (κ2) is 7.93. The van der Waals surface area contributed by atoms with Crippen LogP contribution in [0.1, 0.15) is 24.1 Å². The maximum Gasteiger partial charge on any atom is 0.239 e. The van der Waals surface area contributed by atoms with Crippen LogP contribution in [0.3, 0.4) is 0 Å². The Morgan fingerprint density at radius 3 is 1.69 bits per heavy atom. The van der Waals surface area contributed by atoms with Crippen molar-refractivity contribution in [3.05, 3.63) is 71.3 Å². The molecule has 2 aromatic rings. The Bertz CT molecular complexity index is 693. The van der Waals surface area contributed by atoms with E-state index in [1.807, 2.05) is 0 Å². The van der Waals surface area contributed by atoms with Gasteiger partial charge in [-0.15, -0.1) is 0 Å². The molecule has 0 unspecified atom stereocenters. The maximum absolute atomic E-state index is 13.3. The van der Waals surface area contributed by atoms with Crippen molar-refractivity contribution in [1.29, 1.82) is 0 Å². The van der Waals surface area contributed by atoms with E-state index < -0.39 is 6.04 Å². The van der Waals surface area contributed by atoms with Crippen LogP contribution >= 0.6 is 0 Å². The molecule has 1 saturated heterocycles. The van der Waals surface area contributed by atoms with E-state index in [9.17, 15) is 13.6 Å². The Labute approximate surface area is 152 Å². The number of carbonyl (C=O) groups is 1. The molecule has 1 aliphatic rings. The molecule has 2 N–H and O–H groups in total. The van der Waals surface area contributed by atoms with Gasteiger partial charge in [0.2, 0.25) is 5.91 Å². The molecule has 1 fully saturated rings. The molecule has 0 radical (unpaired) electrons. The number of rotatable bonds is 4. The summed E-state index contributed by atoms with van der Waals surface area (Å²) < 4.78 is 26.7. The van der Waals surface area contributed by atoms with Crippen LogP contribution in [0.2, 0.25) is 0 Å². The summed E-state index contributed by atoms with van der Waals surface area (Å²) >= 11 is 0. The van der Waals surface area contributed by atoms with E-state index in [2.05, 4.69) is 4.90 Å². The molecule has 0 aromatic heterocycles. The number of hydrogen-bond donors (Lipinski definition) is 1. The van der Waals surface area contributed by atoms with Crippen LogP contribution in [0.4, 0.5) is 8.78 Å². The zero-order valence-corrected chi connectivity index (χ0v) is 14.7. The number of carbonyl (C=O) groups excluding carboxylic acids is 1. The van der Waals surface area contributed by atoms with Gasteiger partial charge in [0.1, 0.15) is 11.6 Å².